The summed E-state index contributed by atoms with van der Waals surface area (Å²) in [6.45, 7) is 0.981. The van der Waals surface area contributed by atoms with Gasteiger partial charge in [0.2, 0.25) is 0 Å². The van der Waals surface area contributed by atoms with Gasteiger partial charge < -0.3 is 15.6 Å². The molecule has 0 saturated heterocycles. The van der Waals surface area contributed by atoms with Crippen molar-refractivity contribution < 1.29 is 14.6 Å². The Hall–Kier alpha value is -1.98. The summed E-state index contributed by atoms with van der Waals surface area (Å²) in [6, 6.07) is 11.5. The molecule has 0 fully saturated rings. The van der Waals surface area contributed by atoms with Crippen LogP contribution in [0.2, 0.25) is 0 Å². The third-order valence-electron chi connectivity index (χ3n) is 3.65. The van der Waals surface area contributed by atoms with Crippen LogP contribution in [0.1, 0.15) is 21.5 Å². The van der Waals surface area contributed by atoms with Crippen molar-refractivity contribution in [3.05, 3.63) is 53.1 Å². The molecule has 0 aromatic heterocycles. The molecule has 3 rings (SSSR count). The Kier molecular flexibility index (Phi) is 4.36. The number of fused-ring (bicyclic) bond motifs is 2. The van der Waals surface area contributed by atoms with E-state index in [0.717, 1.165) is 33.9 Å². The highest BCUT2D eigenvalue weighted by Crippen LogP contribution is 2.39. The van der Waals surface area contributed by atoms with Gasteiger partial charge >= 0.3 is 5.97 Å². The average molecular weight is 315 g/mol. The molecule has 0 amide bonds. The number of carbonyl (C=O) groups is 1. The molecule has 0 spiro atoms. The highest BCUT2D eigenvalue weighted by Gasteiger charge is 2.19. The number of rotatable bonds is 4. The van der Waals surface area contributed by atoms with Crippen LogP contribution in [-0.4, -0.2) is 24.2 Å². The minimum atomic E-state index is -0.865. The summed E-state index contributed by atoms with van der Waals surface area (Å²) >= 11 is 1.62. The molecule has 0 unspecified atom stereocenters. The maximum atomic E-state index is 11.4. The van der Waals surface area contributed by atoms with E-state index in [1.807, 2.05) is 24.3 Å². The van der Waals surface area contributed by atoms with E-state index in [2.05, 4.69) is 0 Å². The first-order valence-corrected chi connectivity index (χ1v) is 7.99. The molecule has 22 heavy (non-hydrogen) atoms. The smallest absolute Gasteiger partial charge is 0.336 e. The van der Waals surface area contributed by atoms with Crippen molar-refractivity contribution in [1.29, 1.82) is 0 Å². The molecule has 0 bridgehead atoms. The minimum Gasteiger partial charge on any atom is -0.492 e. The summed E-state index contributed by atoms with van der Waals surface area (Å²) < 4.78 is 5.57. The van der Waals surface area contributed by atoms with Crippen molar-refractivity contribution in [3.8, 4) is 5.75 Å². The predicted octanol–water partition coefficient (Wildman–Crippen LogP) is 2.97. The molecule has 2 aromatic carbocycles. The van der Waals surface area contributed by atoms with Gasteiger partial charge in [-0.15, -0.1) is 0 Å². The van der Waals surface area contributed by atoms with E-state index in [0.29, 0.717) is 18.7 Å². The van der Waals surface area contributed by atoms with Gasteiger partial charge in [-0.05, 0) is 54.3 Å². The predicted molar refractivity (Wildman–Crippen MR) is 85.9 cm³/mol. The number of benzene rings is 2. The van der Waals surface area contributed by atoms with Crippen molar-refractivity contribution in [2.24, 2.45) is 5.73 Å². The highest BCUT2D eigenvalue weighted by molar-refractivity contribution is 7.99. The van der Waals surface area contributed by atoms with Gasteiger partial charge in [0.05, 0.1) is 5.56 Å². The molecule has 114 valence electrons. The monoisotopic (exact) mass is 315 g/mol. The van der Waals surface area contributed by atoms with E-state index < -0.39 is 5.97 Å². The molecule has 5 heteroatoms. The average Bonchev–Trinajstić information content (AvgIpc) is 2.71. The van der Waals surface area contributed by atoms with Crippen LogP contribution in [0.15, 0.2) is 46.2 Å². The maximum absolute atomic E-state index is 11.4. The number of carboxylic acids is 1. The van der Waals surface area contributed by atoms with Crippen LogP contribution in [-0.2, 0) is 12.8 Å². The van der Waals surface area contributed by atoms with Crippen molar-refractivity contribution in [2.75, 3.05) is 13.2 Å². The number of ether oxygens (including phenoxy) is 1. The Morgan fingerprint density at radius 1 is 1.23 bits per heavy atom. The van der Waals surface area contributed by atoms with Gasteiger partial charge in [0.15, 0.2) is 0 Å². The molecule has 1 aliphatic heterocycles. The molecule has 2 aromatic rings. The summed E-state index contributed by atoms with van der Waals surface area (Å²) in [6.07, 6.45) is 1.53. The van der Waals surface area contributed by atoms with Gasteiger partial charge in [-0.25, -0.2) is 4.79 Å². The van der Waals surface area contributed by atoms with Crippen LogP contribution in [0.4, 0.5) is 0 Å². The van der Waals surface area contributed by atoms with Crippen molar-refractivity contribution in [1.82, 2.24) is 0 Å². The lowest BCUT2D eigenvalue weighted by Crippen LogP contribution is -2.10. The number of aromatic carboxylic acids is 1. The molecule has 0 aliphatic carbocycles. The van der Waals surface area contributed by atoms with Gasteiger partial charge in [0.25, 0.3) is 0 Å². The van der Waals surface area contributed by atoms with E-state index in [1.54, 1.807) is 23.9 Å². The summed E-state index contributed by atoms with van der Waals surface area (Å²) in [5, 5.41) is 9.35. The maximum Gasteiger partial charge on any atom is 0.336 e. The lowest BCUT2D eigenvalue weighted by molar-refractivity contribution is 0.0695. The Bertz CT molecular complexity index is 715. The zero-order valence-corrected chi connectivity index (χ0v) is 12.9. The summed E-state index contributed by atoms with van der Waals surface area (Å²) in [4.78, 5) is 13.6. The normalized spacial score (nSPS) is 13.0. The quantitative estimate of drug-likeness (QED) is 0.907. The Balaban J connectivity index is 1.94. The second-order valence-electron chi connectivity index (χ2n) is 5.10. The first-order chi connectivity index (χ1) is 10.7. The fourth-order valence-corrected chi connectivity index (χ4v) is 3.76. The molecule has 3 N–H and O–H groups in total. The molecule has 4 nitrogen and oxygen atoms in total. The lowest BCUT2D eigenvalue weighted by atomic mass is 10.00. The van der Waals surface area contributed by atoms with Gasteiger partial charge in [0.1, 0.15) is 12.4 Å². The largest absolute Gasteiger partial charge is 0.492 e. The molecule has 1 aliphatic rings. The van der Waals surface area contributed by atoms with Crippen LogP contribution in [0.5, 0.6) is 5.75 Å². The fourth-order valence-electron chi connectivity index (χ4n) is 2.61. The minimum absolute atomic E-state index is 0.400. The summed E-state index contributed by atoms with van der Waals surface area (Å²) in [5.74, 6) is -0.0513. The van der Waals surface area contributed by atoms with E-state index >= 15 is 0 Å². The third-order valence-corrected chi connectivity index (χ3v) is 4.87. The highest BCUT2D eigenvalue weighted by atomic mass is 32.2. The van der Waals surface area contributed by atoms with Gasteiger partial charge in [0, 0.05) is 16.3 Å². The molecule has 0 atom stereocenters. The van der Waals surface area contributed by atoms with Crippen LogP contribution in [0, 0.1) is 0 Å². The Morgan fingerprint density at radius 2 is 2.09 bits per heavy atom. The zero-order valence-electron chi connectivity index (χ0n) is 12.0. The Morgan fingerprint density at radius 3 is 2.86 bits per heavy atom. The van der Waals surface area contributed by atoms with E-state index in [4.69, 9.17) is 10.5 Å². The van der Waals surface area contributed by atoms with Gasteiger partial charge in [-0.1, -0.05) is 17.8 Å². The second-order valence-corrected chi connectivity index (χ2v) is 6.18. The summed E-state index contributed by atoms with van der Waals surface area (Å²) in [7, 11) is 0. The number of carboxylic acid groups (broad SMARTS) is 1. The second kappa shape index (κ2) is 6.42. The number of aryl methyl sites for hydroxylation is 1. The standard InChI is InChI=1S/C17H17NO3S/c18-8-9-21-12-5-7-15-11(10-12)4-6-13-14(17(19)20)2-1-3-16(13)22-15/h1-3,5,7,10H,4,6,8-9,18H2,(H,19,20). The molecule has 1 heterocycles. The first kappa shape index (κ1) is 14.9. The SMILES string of the molecule is NCCOc1ccc2c(c1)CCc1c(cccc1C(=O)O)S2. The van der Waals surface area contributed by atoms with E-state index in [1.165, 1.54) is 5.56 Å². The molecule has 0 radical (unpaired) electrons. The number of nitrogens with two attached hydrogens (primary N) is 1. The van der Waals surface area contributed by atoms with Gasteiger partial charge in [-0.2, -0.15) is 0 Å². The van der Waals surface area contributed by atoms with Crippen LogP contribution < -0.4 is 10.5 Å². The third kappa shape index (κ3) is 2.96. The van der Waals surface area contributed by atoms with Crippen molar-refractivity contribution in [2.45, 2.75) is 22.6 Å². The lowest BCUT2D eigenvalue weighted by Gasteiger charge is -2.09. The molecular weight excluding hydrogens is 298 g/mol. The number of hydrogen-bond donors (Lipinski definition) is 2. The molecular formula is C17H17NO3S. The topological polar surface area (TPSA) is 72.5 Å². The van der Waals surface area contributed by atoms with Crippen molar-refractivity contribution in [3.63, 3.8) is 0 Å². The van der Waals surface area contributed by atoms with Crippen LogP contribution in [0.3, 0.4) is 0 Å². The van der Waals surface area contributed by atoms with Crippen LogP contribution >= 0.6 is 11.8 Å². The number of hydrogen-bond acceptors (Lipinski definition) is 4. The van der Waals surface area contributed by atoms with Crippen LogP contribution in [0.25, 0.3) is 0 Å². The summed E-state index contributed by atoms with van der Waals surface area (Å²) in [5.41, 5.74) is 7.96. The van der Waals surface area contributed by atoms with Gasteiger partial charge in [-0.3, -0.25) is 0 Å². The van der Waals surface area contributed by atoms with Crippen molar-refractivity contribution >= 4 is 17.7 Å². The van der Waals surface area contributed by atoms with E-state index in [-0.39, 0.29) is 0 Å². The fraction of sp³-hybridized carbons (Fsp3) is 0.235. The van der Waals surface area contributed by atoms with E-state index in [9.17, 15) is 9.90 Å². The molecule has 0 saturated carbocycles. The zero-order chi connectivity index (χ0) is 15.5. The Labute approximate surface area is 133 Å². The first-order valence-electron chi connectivity index (χ1n) is 7.18.